The molecule has 2 rings (SSSR count). The van der Waals surface area contributed by atoms with Crippen molar-refractivity contribution in [2.75, 3.05) is 7.11 Å². The summed E-state index contributed by atoms with van der Waals surface area (Å²) in [4.78, 5) is 45.5. The first-order valence-corrected chi connectivity index (χ1v) is 9.19. The SMILES string of the molecule is COC(=O)[C@@H](NC(=O)[C@@H](NC(=O)c1cnccn1)C1CCCC1)C(C)(C)C. The highest BCUT2D eigenvalue weighted by Gasteiger charge is 2.38. The molecule has 1 saturated carbocycles. The maximum absolute atomic E-state index is 13.0. The first-order chi connectivity index (χ1) is 12.7. The van der Waals surface area contributed by atoms with Crippen LogP contribution in [0.5, 0.6) is 0 Å². The molecule has 2 amide bonds. The second-order valence-electron chi connectivity index (χ2n) is 7.92. The Morgan fingerprint density at radius 2 is 1.81 bits per heavy atom. The first-order valence-electron chi connectivity index (χ1n) is 9.19. The van der Waals surface area contributed by atoms with Gasteiger partial charge < -0.3 is 15.4 Å². The molecule has 8 heteroatoms. The van der Waals surface area contributed by atoms with Crippen LogP contribution in [-0.2, 0) is 14.3 Å². The summed E-state index contributed by atoms with van der Waals surface area (Å²) in [5, 5.41) is 5.56. The molecule has 1 aliphatic carbocycles. The Balaban J connectivity index is 2.18. The van der Waals surface area contributed by atoms with Crippen LogP contribution in [0, 0.1) is 11.3 Å². The van der Waals surface area contributed by atoms with E-state index in [9.17, 15) is 14.4 Å². The van der Waals surface area contributed by atoms with Crippen molar-refractivity contribution in [3.63, 3.8) is 0 Å². The van der Waals surface area contributed by atoms with Crippen molar-refractivity contribution < 1.29 is 19.1 Å². The van der Waals surface area contributed by atoms with Crippen molar-refractivity contribution in [1.82, 2.24) is 20.6 Å². The van der Waals surface area contributed by atoms with Crippen molar-refractivity contribution in [1.29, 1.82) is 0 Å². The summed E-state index contributed by atoms with van der Waals surface area (Å²) in [7, 11) is 1.29. The van der Waals surface area contributed by atoms with Gasteiger partial charge in [0.15, 0.2) is 0 Å². The molecular weight excluding hydrogens is 348 g/mol. The molecule has 0 spiro atoms. The third-order valence-electron chi connectivity index (χ3n) is 4.83. The van der Waals surface area contributed by atoms with Gasteiger partial charge in [0.1, 0.15) is 17.8 Å². The number of esters is 1. The number of nitrogens with zero attached hydrogens (tertiary/aromatic N) is 2. The normalized spacial score (nSPS) is 17.0. The van der Waals surface area contributed by atoms with Gasteiger partial charge in [0, 0.05) is 12.4 Å². The summed E-state index contributed by atoms with van der Waals surface area (Å²) >= 11 is 0. The summed E-state index contributed by atoms with van der Waals surface area (Å²) in [6.45, 7) is 5.53. The number of carbonyl (C=O) groups excluding carboxylic acids is 3. The highest BCUT2D eigenvalue weighted by molar-refractivity contribution is 5.96. The molecule has 1 aromatic heterocycles. The van der Waals surface area contributed by atoms with E-state index in [1.807, 2.05) is 20.8 Å². The molecule has 0 unspecified atom stereocenters. The minimum absolute atomic E-state index is 0.0175. The number of hydrogen-bond acceptors (Lipinski definition) is 6. The lowest BCUT2D eigenvalue weighted by molar-refractivity contribution is -0.148. The van der Waals surface area contributed by atoms with Crippen LogP contribution in [0.2, 0.25) is 0 Å². The average molecular weight is 376 g/mol. The average Bonchev–Trinajstić information content (AvgIpc) is 3.17. The smallest absolute Gasteiger partial charge is 0.328 e. The van der Waals surface area contributed by atoms with Crippen LogP contribution in [0.15, 0.2) is 18.6 Å². The molecule has 1 heterocycles. The van der Waals surface area contributed by atoms with Gasteiger partial charge in [-0.3, -0.25) is 14.6 Å². The summed E-state index contributed by atoms with van der Waals surface area (Å²) in [5.74, 6) is -1.34. The Bertz CT molecular complexity index is 666. The van der Waals surface area contributed by atoms with Crippen LogP contribution >= 0.6 is 0 Å². The fourth-order valence-electron chi connectivity index (χ4n) is 3.30. The molecule has 1 fully saturated rings. The molecule has 8 nitrogen and oxygen atoms in total. The van der Waals surface area contributed by atoms with E-state index in [1.54, 1.807) is 0 Å². The number of rotatable bonds is 6. The van der Waals surface area contributed by atoms with Crippen LogP contribution in [0.3, 0.4) is 0 Å². The van der Waals surface area contributed by atoms with E-state index in [-0.39, 0.29) is 17.5 Å². The van der Waals surface area contributed by atoms with E-state index in [4.69, 9.17) is 4.74 Å². The van der Waals surface area contributed by atoms with Gasteiger partial charge in [0.2, 0.25) is 5.91 Å². The fraction of sp³-hybridized carbons (Fsp3) is 0.632. The number of nitrogens with one attached hydrogen (secondary N) is 2. The number of methoxy groups -OCH3 is 1. The van der Waals surface area contributed by atoms with E-state index in [0.29, 0.717) is 0 Å². The predicted molar refractivity (Wildman–Crippen MR) is 98.6 cm³/mol. The number of hydrogen-bond donors (Lipinski definition) is 2. The van der Waals surface area contributed by atoms with E-state index in [2.05, 4.69) is 20.6 Å². The lowest BCUT2D eigenvalue weighted by Gasteiger charge is -2.32. The molecule has 0 aliphatic heterocycles. The summed E-state index contributed by atoms with van der Waals surface area (Å²) < 4.78 is 4.84. The minimum Gasteiger partial charge on any atom is -0.467 e. The van der Waals surface area contributed by atoms with Gasteiger partial charge >= 0.3 is 5.97 Å². The Labute approximate surface area is 159 Å². The third-order valence-corrected chi connectivity index (χ3v) is 4.83. The van der Waals surface area contributed by atoms with Crippen molar-refractivity contribution in [3.05, 3.63) is 24.3 Å². The molecule has 0 aromatic carbocycles. The van der Waals surface area contributed by atoms with Crippen LogP contribution in [0.25, 0.3) is 0 Å². The largest absolute Gasteiger partial charge is 0.467 e. The molecule has 0 bridgehead atoms. The molecular formula is C19H28N4O4. The quantitative estimate of drug-likeness (QED) is 0.728. The minimum atomic E-state index is -0.813. The highest BCUT2D eigenvalue weighted by Crippen LogP contribution is 2.29. The molecule has 148 valence electrons. The fourth-order valence-corrected chi connectivity index (χ4v) is 3.30. The van der Waals surface area contributed by atoms with Gasteiger partial charge in [0.25, 0.3) is 5.91 Å². The maximum atomic E-state index is 13.0. The molecule has 1 aliphatic rings. The number of ether oxygens (including phenoxy) is 1. The zero-order chi connectivity index (χ0) is 20.0. The van der Waals surface area contributed by atoms with E-state index >= 15 is 0 Å². The zero-order valence-electron chi connectivity index (χ0n) is 16.3. The summed E-state index contributed by atoms with van der Waals surface area (Å²) in [6.07, 6.45) is 7.96. The van der Waals surface area contributed by atoms with Crippen molar-refractivity contribution >= 4 is 17.8 Å². The second-order valence-corrected chi connectivity index (χ2v) is 7.92. The maximum Gasteiger partial charge on any atom is 0.328 e. The van der Waals surface area contributed by atoms with Crippen LogP contribution in [-0.4, -0.2) is 46.9 Å². The standard InChI is InChI=1S/C19H28N4O4/c1-19(2,3)15(18(26)27-4)23-17(25)14(12-7-5-6-8-12)22-16(24)13-11-20-9-10-21-13/h9-12,14-15H,5-8H2,1-4H3,(H,22,24)(H,23,25)/t14-,15+/m0/s1. The molecule has 27 heavy (non-hydrogen) atoms. The van der Waals surface area contributed by atoms with Gasteiger partial charge in [-0.1, -0.05) is 33.6 Å². The lowest BCUT2D eigenvalue weighted by atomic mass is 9.86. The summed E-state index contributed by atoms with van der Waals surface area (Å²) in [6, 6.07) is -1.55. The topological polar surface area (TPSA) is 110 Å². The van der Waals surface area contributed by atoms with Gasteiger partial charge in [0.05, 0.1) is 13.3 Å². The second kappa shape index (κ2) is 8.92. The van der Waals surface area contributed by atoms with Crippen molar-refractivity contribution in [2.24, 2.45) is 11.3 Å². The highest BCUT2D eigenvalue weighted by atomic mass is 16.5. The Kier molecular flexibility index (Phi) is 6.87. The zero-order valence-corrected chi connectivity index (χ0v) is 16.3. The Morgan fingerprint density at radius 3 is 2.33 bits per heavy atom. The van der Waals surface area contributed by atoms with Gasteiger partial charge in [-0.15, -0.1) is 0 Å². The number of aromatic nitrogens is 2. The first kappa shape index (κ1) is 20.8. The van der Waals surface area contributed by atoms with E-state index < -0.39 is 29.4 Å². The van der Waals surface area contributed by atoms with Crippen LogP contribution in [0.4, 0.5) is 0 Å². The molecule has 2 atom stereocenters. The third kappa shape index (κ3) is 5.48. The molecule has 1 aromatic rings. The van der Waals surface area contributed by atoms with Crippen LogP contribution in [0.1, 0.15) is 56.9 Å². The van der Waals surface area contributed by atoms with Gasteiger partial charge in [-0.25, -0.2) is 9.78 Å². The van der Waals surface area contributed by atoms with Crippen molar-refractivity contribution in [2.45, 2.75) is 58.5 Å². The Hall–Kier alpha value is -2.51. The monoisotopic (exact) mass is 376 g/mol. The molecule has 2 N–H and O–H groups in total. The lowest BCUT2D eigenvalue weighted by Crippen LogP contribution is -2.57. The Morgan fingerprint density at radius 1 is 1.15 bits per heavy atom. The predicted octanol–water partition coefficient (Wildman–Crippen LogP) is 1.47. The van der Waals surface area contributed by atoms with E-state index in [1.165, 1.54) is 25.7 Å². The molecule has 0 radical (unpaired) electrons. The number of amides is 2. The number of carbonyl (C=O) groups is 3. The summed E-state index contributed by atoms with van der Waals surface area (Å²) in [5.41, 5.74) is -0.383. The van der Waals surface area contributed by atoms with Gasteiger partial charge in [-0.2, -0.15) is 0 Å². The van der Waals surface area contributed by atoms with Crippen LogP contribution < -0.4 is 10.6 Å². The van der Waals surface area contributed by atoms with Gasteiger partial charge in [-0.05, 0) is 24.2 Å². The molecule has 0 saturated heterocycles. The van der Waals surface area contributed by atoms with Crippen molar-refractivity contribution in [3.8, 4) is 0 Å². The van der Waals surface area contributed by atoms with E-state index in [0.717, 1.165) is 25.7 Å².